The summed E-state index contributed by atoms with van der Waals surface area (Å²) in [5.74, 6) is -1.85. The number of rotatable bonds is 32. The maximum Gasteiger partial charge on any atom is 0.346 e. The van der Waals surface area contributed by atoms with E-state index in [0.29, 0.717) is 150 Å². The molecule has 3 heterocycles. The SMILES string of the molecule is O=C1OC(=O)c2ccccc21.[C-]#[N+]c1c(N=Nc2ccc(N(CCOCCOCCOCCOCCOC(=O)c3ccccc3C(C)=O)Cc3ccccc3)cc2C)sc(C#N)c1C.[C-]#[N+]c1sc(N=Nc2ccc(N(CCOCCO)Cc3ccccc3)cc2C)c([N+]#[C-])c1C. The van der Waals surface area contributed by atoms with Crippen LogP contribution in [0.5, 0.6) is 0 Å². The predicted octanol–water partition coefficient (Wildman–Crippen LogP) is 16.2. The van der Waals surface area contributed by atoms with Crippen LogP contribution in [-0.4, -0.2) is 121 Å². The molecule has 498 valence electrons. The number of nitriles is 1. The van der Waals surface area contributed by atoms with Crippen molar-refractivity contribution in [1.29, 1.82) is 5.26 Å². The average Bonchev–Trinajstić information content (AvgIpc) is 1.73. The largest absolute Gasteiger partial charge is 0.460 e. The Bertz CT molecular complexity index is 4170. The van der Waals surface area contributed by atoms with Crippen molar-refractivity contribution < 1.29 is 57.4 Å². The smallest absolute Gasteiger partial charge is 0.346 e. The fourth-order valence-corrected chi connectivity index (χ4v) is 11.2. The molecule has 2 aromatic heterocycles. The number of ketones is 1. The zero-order valence-electron chi connectivity index (χ0n) is 54.4. The van der Waals surface area contributed by atoms with Gasteiger partial charge in [0.2, 0.25) is 16.4 Å². The first-order valence-electron chi connectivity index (χ1n) is 30.7. The summed E-state index contributed by atoms with van der Waals surface area (Å²) in [4.78, 5) is 61.1. The number of carbonyl (C=O) groups is 4. The highest BCUT2D eigenvalue weighted by Crippen LogP contribution is 2.48. The van der Waals surface area contributed by atoms with Crippen molar-refractivity contribution in [2.45, 2.75) is 47.7 Å². The number of carbonyl (C=O) groups excluding carboxylic acids is 4. The van der Waals surface area contributed by atoms with Crippen LogP contribution in [0.25, 0.3) is 14.5 Å². The third kappa shape index (κ3) is 22.3. The molecule has 0 amide bonds. The van der Waals surface area contributed by atoms with Crippen molar-refractivity contribution in [3.05, 3.63) is 240 Å². The lowest BCUT2D eigenvalue weighted by Crippen LogP contribution is -2.27. The number of hydrogen-bond acceptors (Lipinski definition) is 21. The number of esters is 3. The van der Waals surface area contributed by atoms with Crippen LogP contribution in [0.15, 0.2) is 166 Å². The maximum atomic E-state index is 12.3. The van der Waals surface area contributed by atoms with Gasteiger partial charge < -0.3 is 48.1 Å². The van der Waals surface area contributed by atoms with Crippen LogP contribution in [0, 0.1) is 58.7 Å². The van der Waals surface area contributed by atoms with Gasteiger partial charge in [0.05, 0.1) is 125 Å². The number of aryl methyl sites for hydroxylation is 2. The minimum absolute atomic E-state index is 0.00779. The van der Waals surface area contributed by atoms with Gasteiger partial charge in [0, 0.05) is 43.1 Å². The molecule has 1 aliphatic rings. The Morgan fingerprint density at radius 3 is 1.42 bits per heavy atom. The van der Waals surface area contributed by atoms with Crippen LogP contribution in [0.1, 0.15) is 86.6 Å². The number of thiophene rings is 2. The van der Waals surface area contributed by atoms with Gasteiger partial charge in [-0.3, -0.25) is 4.79 Å². The van der Waals surface area contributed by atoms with Gasteiger partial charge in [-0.25, -0.2) is 28.9 Å². The van der Waals surface area contributed by atoms with E-state index in [1.54, 1.807) is 62.4 Å². The van der Waals surface area contributed by atoms with E-state index >= 15 is 0 Å². The molecule has 0 unspecified atom stereocenters. The van der Waals surface area contributed by atoms with E-state index in [4.69, 9.17) is 53.2 Å². The normalized spacial score (nSPS) is 11.3. The van der Waals surface area contributed by atoms with Gasteiger partial charge in [0.1, 0.15) is 22.7 Å². The van der Waals surface area contributed by atoms with Gasteiger partial charge in [0.15, 0.2) is 5.78 Å². The Hall–Kier alpha value is -10.5. The number of aliphatic hydroxyl groups is 1. The summed E-state index contributed by atoms with van der Waals surface area (Å²) in [5.41, 5.74) is 11.0. The summed E-state index contributed by atoms with van der Waals surface area (Å²) in [7, 11) is 0. The standard InChI is InChI=1S/C40H43N5O7S.C25H25N5O2S.C8H4O3/c1-29-26-33(14-15-36(29)43-44-39-38(42-4)30(2)37(27-41)53-39)45(28-32-10-6-5-7-11-32)16-17-48-18-19-49-20-21-50-22-23-51-24-25-52-40(47)35-13-9-8-12-34(35)31(3)46;1-18-16-21(30(12-14-32-15-13-31)17-20-8-6-5-7-9-20)10-11-22(18)28-29-25-23(26-3)19(2)24(27-4)33-25;9-7-5-3-1-2-4-6(5)8(10)11-7/h5-15,26H,16-25,28H2,1-3H3;5-11,16,31H,12-15,17H2,1-2H3;1-4H. The van der Waals surface area contributed by atoms with Crippen LogP contribution in [0.3, 0.4) is 0 Å². The summed E-state index contributed by atoms with van der Waals surface area (Å²) >= 11 is 2.36. The topological polar surface area (TPSA) is 246 Å². The fraction of sp³-hybridized carbons (Fsp3) is 0.288. The van der Waals surface area contributed by atoms with Crippen LogP contribution < -0.4 is 9.80 Å². The van der Waals surface area contributed by atoms with Crippen molar-refractivity contribution in [3.63, 3.8) is 0 Å². The number of benzene rings is 6. The number of ether oxygens (including phenoxy) is 7. The van der Waals surface area contributed by atoms with Crippen molar-refractivity contribution in [3.8, 4) is 6.07 Å². The molecular formula is C73H72N10O12S2. The van der Waals surface area contributed by atoms with E-state index in [1.165, 1.54) is 40.7 Å². The molecule has 9 rings (SSSR count). The lowest BCUT2D eigenvalue weighted by Gasteiger charge is -2.25. The molecule has 8 aromatic rings. The minimum atomic E-state index is -0.553. The number of hydrogen-bond donors (Lipinski definition) is 1. The average molecular weight is 1350 g/mol. The molecule has 0 saturated carbocycles. The van der Waals surface area contributed by atoms with E-state index in [9.17, 15) is 24.4 Å². The van der Waals surface area contributed by atoms with Gasteiger partial charge in [0.25, 0.3) is 0 Å². The van der Waals surface area contributed by atoms with Crippen molar-refractivity contribution >= 4 is 95.5 Å². The number of azo groups is 2. The number of anilines is 2. The summed E-state index contributed by atoms with van der Waals surface area (Å²) in [6.45, 7) is 37.8. The molecule has 0 spiro atoms. The summed E-state index contributed by atoms with van der Waals surface area (Å²) < 4.78 is 37.6. The molecule has 0 radical (unpaired) electrons. The first-order chi connectivity index (χ1) is 47.2. The Labute approximate surface area is 572 Å². The van der Waals surface area contributed by atoms with E-state index in [2.05, 4.69) is 92.0 Å². The summed E-state index contributed by atoms with van der Waals surface area (Å²) in [5, 5.41) is 37.0. The molecule has 1 aliphatic heterocycles. The number of nitrogens with zero attached hydrogens (tertiary/aromatic N) is 10. The summed E-state index contributed by atoms with van der Waals surface area (Å²) in [6.07, 6.45) is 0. The molecule has 24 heteroatoms. The van der Waals surface area contributed by atoms with Crippen LogP contribution >= 0.6 is 22.7 Å². The molecule has 6 aromatic carbocycles. The lowest BCUT2D eigenvalue weighted by molar-refractivity contribution is -0.00848. The van der Waals surface area contributed by atoms with Crippen LogP contribution in [0.2, 0.25) is 0 Å². The molecule has 22 nitrogen and oxygen atoms in total. The lowest BCUT2D eigenvalue weighted by atomic mass is 10.0. The number of cyclic esters (lactones) is 2. The van der Waals surface area contributed by atoms with E-state index < -0.39 is 17.9 Å². The molecule has 0 saturated heterocycles. The second-order valence-electron chi connectivity index (χ2n) is 21.2. The Morgan fingerprint density at radius 1 is 0.536 bits per heavy atom. The second kappa shape index (κ2) is 39.4. The van der Waals surface area contributed by atoms with E-state index in [-0.39, 0.29) is 31.2 Å². The number of Topliss-reactive ketones (excluding diaryl/α,β-unsaturated/α-hetero) is 1. The van der Waals surface area contributed by atoms with Crippen molar-refractivity contribution in [2.24, 2.45) is 20.5 Å². The monoisotopic (exact) mass is 1340 g/mol. The van der Waals surface area contributed by atoms with Gasteiger partial charge in [-0.05, 0) is 116 Å². The number of fused-ring (bicyclic) bond motifs is 1. The highest BCUT2D eigenvalue weighted by atomic mass is 32.1. The molecule has 1 N–H and O–H groups in total. The highest BCUT2D eigenvalue weighted by Gasteiger charge is 2.28. The van der Waals surface area contributed by atoms with E-state index in [0.717, 1.165) is 29.0 Å². The second-order valence-corrected chi connectivity index (χ2v) is 23.2. The molecule has 0 bridgehead atoms. The Morgan fingerprint density at radius 2 is 0.969 bits per heavy atom. The molecular weight excluding hydrogens is 1270 g/mol. The zero-order chi connectivity index (χ0) is 69.3. The van der Waals surface area contributed by atoms with Crippen molar-refractivity contribution in [1.82, 2.24) is 0 Å². The zero-order valence-corrected chi connectivity index (χ0v) is 56.0. The van der Waals surface area contributed by atoms with Crippen molar-refractivity contribution in [2.75, 3.05) is 102 Å². The van der Waals surface area contributed by atoms with Gasteiger partial charge in [-0.15, -0.1) is 22.7 Å². The number of aliphatic hydroxyl groups excluding tert-OH is 1. The fourth-order valence-electron chi connectivity index (χ4n) is 9.43. The van der Waals surface area contributed by atoms with Gasteiger partial charge >= 0.3 is 17.9 Å². The maximum absolute atomic E-state index is 12.3. The highest BCUT2D eigenvalue weighted by molar-refractivity contribution is 7.20. The predicted molar refractivity (Wildman–Crippen MR) is 371 cm³/mol. The first-order valence-corrected chi connectivity index (χ1v) is 32.4. The first kappa shape index (κ1) is 73.9. The molecule has 0 aliphatic carbocycles. The summed E-state index contributed by atoms with van der Waals surface area (Å²) in [6, 6.07) is 47.6. The quantitative estimate of drug-likeness (QED) is 0.0103. The Kier molecular flexibility index (Phi) is 30.0. The molecule has 0 atom stereocenters. The third-order valence-corrected chi connectivity index (χ3v) is 16.6. The van der Waals surface area contributed by atoms with Crippen LogP contribution in [0.4, 0.5) is 49.1 Å². The van der Waals surface area contributed by atoms with Gasteiger partial charge in [-0.1, -0.05) is 97.9 Å². The van der Waals surface area contributed by atoms with Gasteiger partial charge in [-0.2, -0.15) is 25.7 Å². The third-order valence-electron chi connectivity index (χ3n) is 14.5. The molecule has 97 heavy (non-hydrogen) atoms. The molecule has 0 fully saturated rings. The Balaban J connectivity index is 0.000000252. The van der Waals surface area contributed by atoms with E-state index in [1.807, 2.05) is 74.5 Å². The minimum Gasteiger partial charge on any atom is -0.460 e. The van der Waals surface area contributed by atoms with Crippen LogP contribution in [-0.2, 0) is 46.2 Å².